The molecular formula is C14H13IO3S. The van der Waals surface area contributed by atoms with Crippen LogP contribution in [0.1, 0.15) is 23.7 Å². The van der Waals surface area contributed by atoms with Crippen LogP contribution < -0.4 is 9.47 Å². The quantitative estimate of drug-likeness (QED) is 0.800. The lowest BCUT2D eigenvalue weighted by molar-refractivity contribution is 0.220. The third kappa shape index (κ3) is 2.88. The number of hydrogen-bond acceptors (Lipinski definition) is 4. The van der Waals surface area contributed by atoms with Crippen LogP contribution in [0.4, 0.5) is 0 Å². The van der Waals surface area contributed by atoms with E-state index < -0.39 is 6.10 Å². The molecule has 1 N–H and O–H groups in total. The molecule has 5 heteroatoms. The summed E-state index contributed by atoms with van der Waals surface area (Å²) in [5, 5.41) is 12.4. The molecule has 1 atom stereocenters. The molecule has 100 valence electrons. The summed E-state index contributed by atoms with van der Waals surface area (Å²) < 4.78 is 12.4. The van der Waals surface area contributed by atoms with Crippen LogP contribution in [0.3, 0.4) is 0 Å². The SMILES string of the molecule is OC(c1csc(I)c1)c1ccc2c(c1)OCCCO2. The fraction of sp³-hybridized carbons (Fsp3) is 0.286. The molecule has 0 bridgehead atoms. The van der Waals surface area contributed by atoms with Crippen molar-refractivity contribution in [2.75, 3.05) is 13.2 Å². The summed E-state index contributed by atoms with van der Waals surface area (Å²) in [7, 11) is 0. The first kappa shape index (κ1) is 13.2. The summed E-state index contributed by atoms with van der Waals surface area (Å²) in [5.74, 6) is 1.48. The highest BCUT2D eigenvalue weighted by atomic mass is 127. The zero-order valence-corrected chi connectivity index (χ0v) is 13.1. The number of halogens is 1. The summed E-state index contributed by atoms with van der Waals surface area (Å²) in [6.45, 7) is 1.33. The maximum Gasteiger partial charge on any atom is 0.161 e. The van der Waals surface area contributed by atoms with Crippen molar-refractivity contribution in [3.05, 3.63) is 43.7 Å². The van der Waals surface area contributed by atoms with Gasteiger partial charge in [0.1, 0.15) is 6.10 Å². The predicted molar refractivity (Wildman–Crippen MR) is 83.1 cm³/mol. The van der Waals surface area contributed by atoms with Gasteiger partial charge in [-0.1, -0.05) is 6.07 Å². The van der Waals surface area contributed by atoms with E-state index in [4.69, 9.17) is 9.47 Å². The van der Waals surface area contributed by atoms with Crippen LogP contribution in [-0.4, -0.2) is 18.3 Å². The van der Waals surface area contributed by atoms with Crippen molar-refractivity contribution in [3.63, 3.8) is 0 Å². The van der Waals surface area contributed by atoms with Crippen LogP contribution in [0.2, 0.25) is 0 Å². The van der Waals surface area contributed by atoms with Crippen molar-refractivity contribution in [1.82, 2.24) is 0 Å². The van der Waals surface area contributed by atoms with E-state index in [9.17, 15) is 5.11 Å². The van der Waals surface area contributed by atoms with Gasteiger partial charge < -0.3 is 14.6 Å². The Morgan fingerprint density at radius 2 is 1.89 bits per heavy atom. The Kier molecular flexibility index (Phi) is 3.95. The molecule has 19 heavy (non-hydrogen) atoms. The third-order valence-electron chi connectivity index (χ3n) is 2.99. The minimum atomic E-state index is -0.614. The van der Waals surface area contributed by atoms with Crippen LogP contribution in [0.25, 0.3) is 0 Å². The molecule has 1 unspecified atom stereocenters. The minimum absolute atomic E-state index is 0.614. The van der Waals surface area contributed by atoms with Crippen molar-refractivity contribution in [2.24, 2.45) is 0 Å². The van der Waals surface area contributed by atoms with E-state index in [2.05, 4.69) is 22.6 Å². The largest absolute Gasteiger partial charge is 0.490 e. The highest BCUT2D eigenvalue weighted by Gasteiger charge is 2.16. The van der Waals surface area contributed by atoms with Gasteiger partial charge in [-0.05, 0) is 57.3 Å². The second kappa shape index (κ2) is 5.68. The number of fused-ring (bicyclic) bond motifs is 1. The maximum atomic E-state index is 10.4. The van der Waals surface area contributed by atoms with Gasteiger partial charge in [0.15, 0.2) is 11.5 Å². The second-order valence-electron chi connectivity index (χ2n) is 4.34. The topological polar surface area (TPSA) is 38.7 Å². The van der Waals surface area contributed by atoms with Crippen LogP contribution >= 0.6 is 33.9 Å². The fourth-order valence-corrected chi connectivity index (χ4v) is 3.40. The first-order chi connectivity index (χ1) is 9.24. The molecule has 1 aromatic heterocycles. The highest BCUT2D eigenvalue weighted by molar-refractivity contribution is 14.1. The normalized spacial score (nSPS) is 15.9. The lowest BCUT2D eigenvalue weighted by Gasteiger charge is -2.13. The molecule has 2 heterocycles. The van der Waals surface area contributed by atoms with Crippen LogP contribution in [0.15, 0.2) is 29.6 Å². The van der Waals surface area contributed by atoms with Crippen molar-refractivity contribution in [3.8, 4) is 11.5 Å². The summed E-state index contributed by atoms with van der Waals surface area (Å²) in [4.78, 5) is 0. The average Bonchev–Trinajstić information content (AvgIpc) is 2.72. The van der Waals surface area contributed by atoms with E-state index in [-0.39, 0.29) is 0 Å². The van der Waals surface area contributed by atoms with E-state index >= 15 is 0 Å². The molecule has 1 aliphatic rings. The van der Waals surface area contributed by atoms with Crippen molar-refractivity contribution in [2.45, 2.75) is 12.5 Å². The zero-order chi connectivity index (χ0) is 13.2. The molecule has 0 aliphatic carbocycles. The standard InChI is InChI=1S/C14H13IO3S/c15-13-7-10(8-19-13)14(16)9-2-3-11-12(6-9)18-5-1-4-17-11/h2-3,6-8,14,16H,1,4-5H2. The van der Waals surface area contributed by atoms with Crippen LogP contribution in [0.5, 0.6) is 11.5 Å². The van der Waals surface area contributed by atoms with E-state index in [1.807, 2.05) is 29.6 Å². The van der Waals surface area contributed by atoms with E-state index in [0.29, 0.717) is 13.2 Å². The molecule has 0 radical (unpaired) electrons. The molecular weight excluding hydrogens is 375 g/mol. The van der Waals surface area contributed by atoms with Crippen molar-refractivity contribution in [1.29, 1.82) is 0 Å². The van der Waals surface area contributed by atoms with Gasteiger partial charge in [-0.15, -0.1) is 11.3 Å². The molecule has 3 nitrogen and oxygen atoms in total. The Hall–Kier alpha value is -0.790. The molecule has 2 aromatic rings. The summed E-state index contributed by atoms with van der Waals surface area (Å²) >= 11 is 3.89. The van der Waals surface area contributed by atoms with Gasteiger partial charge in [-0.2, -0.15) is 0 Å². The first-order valence-corrected chi connectivity index (χ1v) is 8.01. The Balaban J connectivity index is 1.91. The average molecular weight is 388 g/mol. The van der Waals surface area contributed by atoms with E-state index in [1.165, 1.54) is 2.88 Å². The number of benzene rings is 1. The lowest BCUT2D eigenvalue weighted by Crippen LogP contribution is -2.00. The summed E-state index contributed by atoms with van der Waals surface area (Å²) in [5.41, 5.74) is 1.75. The Morgan fingerprint density at radius 3 is 2.63 bits per heavy atom. The smallest absolute Gasteiger partial charge is 0.161 e. The van der Waals surface area contributed by atoms with Gasteiger partial charge in [0, 0.05) is 6.42 Å². The lowest BCUT2D eigenvalue weighted by atomic mass is 10.0. The number of aliphatic hydroxyl groups is 1. The van der Waals surface area contributed by atoms with Gasteiger partial charge in [0.05, 0.1) is 16.1 Å². The molecule has 0 fully saturated rings. The third-order valence-corrected chi connectivity index (χ3v) is 4.80. The Labute approximate surface area is 129 Å². The van der Waals surface area contributed by atoms with Crippen molar-refractivity contribution < 1.29 is 14.6 Å². The molecule has 1 aliphatic heterocycles. The van der Waals surface area contributed by atoms with Gasteiger partial charge in [-0.3, -0.25) is 0 Å². The number of thiophene rings is 1. The maximum absolute atomic E-state index is 10.4. The Morgan fingerprint density at radius 1 is 1.11 bits per heavy atom. The number of ether oxygens (including phenoxy) is 2. The van der Waals surface area contributed by atoms with Crippen LogP contribution in [-0.2, 0) is 0 Å². The number of hydrogen-bond donors (Lipinski definition) is 1. The monoisotopic (exact) mass is 388 g/mol. The number of aliphatic hydroxyl groups excluding tert-OH is 1. The predicted octanol–water partition coefficient (Wildman–Crippen LogP) is 3.60. The van der Waals surface area contributed by atoms with Crippen molar-refractivity contribution >= 4 is 33.9 Å². The molecule has 0 amide bonds. The fourth-order valence-electron chi connectivity index (χ4n) is 2.01. The Bertz CT molecular complexity index is 582. The summed E-state index contributed by atoms with van der Waals surface area (Å²) in [6, 6.07) is 7.63. The molecule has 0 saturated carbocycles. The van der Waals surface area contributed by atoms with Crippen LogP contribution in [0, 0.1) is 2.88 Å². The summed E-state index contributed by atoms with van der Waals surface area (Å²) in [6.07, 6.45) is 0.270. The molecule has 3 rings (SSSR count). The minimum Gasteiger partial charge on any atom is -0.490 e. The van der Waals surface area contributed by atoms with Gasteiger partial charge >= 0.3 is 0 Å². The highest BCUT2D eigenvalue weighted by Crippen LogP contribution is 2.35. The molecule has 0 spiro atoms. The van der Waals surface area contributed by atoms with Gasteiger partial charge in [-0.25, -0.2) is 0 Å². The van der Waals surface area contributed by atoms with E-state index in [1.54, 1.807) is 11.3 Å². The second-order valence-corrected chi connectivity index (χ2v) is 7.15. The molecule has 0 saturated heterocycles. The zero-order valence-electron chi connectivity index (χ0n) is 10.1. The van der Waals surface area contributed by atoms with Gasteiger partial charge in [0.25, 0.3) is 0 Å². The van der Waals surface area contributed by atoms with Gasteiger partial charge in [0.2, 0.25) is 0 Å². The molecule has 1 aromatic carbocycles. The number of rotatable bonds is 2. The van der Waals surface area contributed by atoms with E-state index in [0.717, 1.165) is 29.0 Å². The first-order valence-electron chi connectivity index (χ1n) is 6.05.